The van der Waals surface area contributed by atoms with E-state index in [0.717, 1.165) is 12.1 Å². The Morgan fingerprint density at radius 2 is 1.89 bits per heavy atom. The standard InChI is InChI=1S/C13H12F4N2/c1-3-18-10-6-12(13(15,16)17)19-11-5-9(14)7(2)4-8(10)11/h4-6H,3H2,1-2H3,(H,18,19). The number of pyridine rings is 1. The van der Waals surface area contributed by atoms with E-state index in [4.69, 9.17) is 0 Å². The monoisotopic (exact) mass is 272 g/mol. The molecular formula is C13H12F4N2. The Bertz CT molecular complexity index is 620. The highest BCUT2D eigenvalue weighted by Crippen LogP contribution is 2.33. The molecule has 2 aromatic rings. The van der Waals surface area contributed by atoms with E-state index in [1.54, 1.807) is 13.8 Å². The number of aryl methyl sites for hydroxylation is 1. The zero-order valence-electron chi connectivity index (χ0n) is 10.4. The van der Waals surface area contributed by atoms with Gasteiger partial charge in [-0.3, -0.25) is 0 Å². The van der Waals surface area contributed by atoms with Crippen molar-refractivity contribution in [3.05, 3.63) is 35.3 Å². The van der Waals surface area contributed by atoms with Gasteiger partial charge in [0.1, 0.15) is 11.5 Å². The summed E-state index contributed by atoms with van der Waals surface area (Å²) in [7, 11) is 0. The Morgan fingerprint density at radius 3 is 2.47 bits per heavy atom. The third-order valence-corrected chi connectivity index (χ3v) is 2.75. The molecule has 1 N–H and O–H groups in total. The third-order valence-electron chi connectivity index (χ3n) is 2.75. The van der Waals surface area contributed by atoms with Gasteiger partial charge < -0.3 is 5.32 Å². The number of nitrogens with zero attached hydrogens (tertiary/aromatic N) is 1. The lowest BCUT2D eigenvalue weighted by molar-refractivity contribution is -0.140. The number of fused-ring (bicyclic) bond motifs is 1. The first kappa shape index (κ1) is 13.6. The van der Waals surface area contributed by atoms with Crippen LogP contribution < -0.4 is 5.32 Å². The molecule has 102 valence electrons. The number of hydrogen-bond acceptors (Lipinski definition) is 2. The van der Waals surface area contributed by atoms with E-state index in [2.05, 4.69) is 10.3 Å². The maximum atomic E-state index is 13.5. The van der Waals surface area contributed by atoms with E-state index in [1.807, 2.05) is 0 Å². The number of hydrogen-bond donors (Lipinski definition) is 1. The molecule has 2 nitrogen and oxygen atoms in total. The van der Waals surface area contributed by atoms with Crippen molar-refractivity contribution in [2.75, 3.05) is 11.9 Å². The number of anilines is 1. The SMILES string of the molecule is CCNc1cc(C(F)(F)F)nc2cc(F)c(C)cc12. The van der Waals surface area contributed by atoms with Gasteiger partial charge in [-0.25, -0.2) is 9.37 Å². The van der Waals surface area contributed by atoms with Crippen LogP contribution in [0.3, 0.4) is 0 Å². The number of halogens is 4. The molecule has 0 fully saturated rings. The van der Waals surface area contributed by atoms with Gasteiger partial charge in [-0.1, -0.05) is 0 Å². The van der Waals surface area contributed by atoms with Crippen LogP contribution in [-0.2, 0) is 6.18 Å². The molecule has 0 spiro atoms. The molecule has 0 amide bonds. The van der Waals surface area contributed by atoms with Gasteiger partial charge in [0, 0.05) is 23.7 Å². The van der Waals surface area contributed by atoms with Crippen molar-refractivity contribution in [2.24, 2.45) is 0 Å². The quantitative estimate of drug-likeness (QED) is 0.831. The summed E-state index contributed by atoms with van der Waals surface area (Å²) in [6.45, 7) is 3.80. The fourth-order valence-electron chi connectivity index (χ4n) is 1.84. The van der Waals surface area contributed by atoms with E-state index in [0.29, 0.717) is 23.2 Å². The van der Waals surface area contributed by atoms with Crippen molar-refractivity contribution in [3.63, 3.8) is 0 Å². The molecule has 19 heavy (non-hydrogen) atoms. The van der Waals surface area contributed by atoms with E-state index in [9.17, 15) is 17.6 Å². The van der Waals surface area contributed by atoms with E-state index >= 15 is 0 Å². The van der Waals surface area contributed by atoms with Crippen LogP contribution in [0.2, 0.25) is 0 Å². The van der Waals surface area contributed by atoms with Crippen molar-refractivity contribution in [2.45, 2.75) is 20.0 Å². The molecule has 0 unspecified atom stereocenters. The van der Waals surface area contributed by atoms with E-state index in [1.165, 1.54) is 6.07 Å². The van der Waals surface area contributed by atoms with Gasteiger partial charge in [0.2, 0.25) is 0 Å². The van der Waals surface area contributed by atoms with Crippen LogP contribution in [0.4, 0.5) is 23.2 Å². The number of rotatable bonds is 2. The molecule has 0 saturated heterocycles. The largest absolute Gasteiger partial charge is 0.433 e. The first-order valence-corrected chi connectivity index (χ1v) is 5.75. The van der Waals surface area contributed by atoms with Crippen LogP contribution in [0.5, 0.6) is 0 Å². The molecule has 0 atom stereocenters. The molecule has 0 aliphatic carbocycles. The second kappa shape index (κ2) is 4.68. The summed E-state index contributed by atoms with van der Waals surface area (Å²) in [6.07, 6.45) is -4.56. The topological polar surface area (TPSA) is 24.9 Å². The number of nitrogens with one attached hydrogen (secondary N) is 1. The molecule has 1 aromatic heterocycles. The minimum Gasteiger partial charge on any atom is -0.385 e. The van der Waals surface area contributed by atoms with Crippen LogP contribution in [0.15, 0.2) is 18.2 Å². The maximum Gasteiger partial charge on any atom is 0.433 e. The van der Waals surface area contributed by atoms with Gasteiger partial charge >= 0.3 is 6.18 Å². The summed E-state index contributed by atoms with van der Waals surface area (Å²) < 4.78 is 51.6. The number of aromatic nitrogens is 1. The summed E-state index contributed by atoms with van der Waals surface area (Å²) in [4.78, 5) is 3.49. The zero-order valence-corrected chi connectivity index (χ0v) is 10.4. The lowest BCUT2D eigenvalue weighted by Gasteiger charge is -2.13. The Kier molecular flexibility index (Phi) is 3.34. The van der Waals surface area contributed by atoms with Crippen molar-refractivity contribution >= 4 is 16.6 Å². The van der Waals surface area contributed by atoms with Crippen LogP contribution in [-0.4, -0.2) is 11.5 Å². The molecule has 1 heterocycles. The van der Waals surface area contributed by atoms with E-state index in [-0.39, 0.29) is 5.52 Å². The molecule has 0 saturated carbocycles. The average Bonchev–Trinajstić information content (AvgIpc) is 2.30. The van der Waals surface area contributed by atoms with Gasteiger partial charge in [0.15, 0.2) is 0 Å². The van der Waals surface area contributed by atoms with Crippen LogP contribution in [0.25, 0.3) is 10.9 Å². The fourth-order valence-corrected chi connectivity index (χ4v) is 1.84. The normalized spacial score (nSPS) is 11.9. The van der Waals surface area contributed by atoms with Crippen molar-refractivity contribution < 1.29 is 17.6 Å². The average molecular weight is 272 g/mol. The van der Waals surface area contributed by atoms with Gasteiger partial charge in [-0.2, -0.15) is 13.2 Å². The minimum atomic E-state index is -4.56. The Balaban J connectivity index is 2.75. The van der Waals surface area contributed by atoms with Gasteiger partial charge in [-0.05, 0) is 31.5 Å². The lowest BCUT2D eigenvalue weighted by atomic mass is 10.1. The molecule has 1 aromatic carbocycles. The highest BCUT2D eigenvalue weighted by Gasteiger charge is 2.33. The Morgan fingerprint density at radius 1 is 1.21 bits per heavy atom. The first-order valence-electron chi connectivity index (χ1n) is 5.75. The molecule has 0 aliphatic rings. The maximum absolute atomic E-state index is 13.5. The van der Waals surface area contributed by atoms with Gasteiger partial charge in [-0.15, -0.1) is 0 Å². The summed E-state index contributed by atoms with van der Waals surface area (Å²) in [5, 5.41) is 3.33. The molecular weight excluding hydrogens is 260 g/mol. The zero-order chi connectivity index (χ0) is 14.2. The highest BCUT2D eigenvalue weighted by atomic mass is 19.4. The summed E-state index contributed by atoms with van der Waals surface area (Å²) in [6, 6.07) is 3.47. The molecule has 2 rings (SSSR count). The summed E-state index contributed by atoms with van der Waals surface area (Å²) in [5.41, 5.74) is -0.357. The summed E-state index contributed by atoms with van der Waals surface area (Å²) in [5.74, 6) is -0.568. The van der Waals surface area contributed by atoms with Crippen LogP contribution >= 0.6 is 0 Å². The summed E-state index contributed by atoms with van der Waals surface area (Å²) >= 11 is 0. The Labute approximate surface area is 107 Å². The predicted molar refractivity (Wildman–Crippen MR) is 65.6 cm³/mol. The first-order chi connectivity index (χ1) is 8.82. The minimum absolute atomic E-state index is 0.00567. The van der Waals surface area contributed by atoms with Crippen molar-refractivity contribution in [1.29, 1.82) is 0 Å². The van der Waals surface area contributed by atoms with Gasteiger partial charge in [0.25, 0.3) is 0 Å². The second-order valence-electron chi connectivity index (χ2n) is 4.20. The second-order valence-corrected chi connectivity index (χ2v) is 4.20. The molecule has 0 bridgehead atoms. The third kappa shape index (κ3) is 2.62. The molecule has 0 aliphatic heterocycles. The lowest BCUT2D eigenvalue weighted by Crippen LogP contribution is -2.10. The smallest absolute Gasteiger partial charge is 0.385 e. The van der Waals surface area contributed by atoms with Crippen LogP contribution in [0.1, 0.15) is 18.2 Å². The Hall–Kier alpha value is -1.85. The number of benzene rings is 1. The fraction of sp³-hybridized carbons (Fsp3) is 0.308. The predicted octanol–water partition coefficient (Wildman–Crippen LogP) is 4.13. The van der Waals surface area contributed by atoms with Crippen molar-refractivity contribution in [1.82, 2.24) is 4.98 Å². The van der Waals surface area contributed by atoms with Gasteiger partial charge in [0.05, 0.1) is 5.52 Å². The molecule has 6 heteroatoms. The number of alkyl halides is 3. The van der Waals surface area contributed by atoms with Crippen LogP contribution in [0, 0.1) is 12.7 Å². The highest BCUT2D eigenvalue weighted by molar-refractivity contribution is 5.92. The van der Waals surface area contributed by atoms with E-state index < -0.39 is 17.7 Å². The van der Waals surface area contributed by atoms with Crippen molar-refractivity contribution in [3.8, 4) is 0 Å². The molecule has 0 radical (unpaired) electrons.